The molecule has 0 aliphatic heterocycles. The van der Waals surface area contributed by atoms with Gasteiger partial charge in [-0.1, -0.05) is 40.1 Å². The average Bonchev–Trinajstić information content (AvgIpc) is 2.54. The molecule has 2 nitrogen and oxygen atoms in total. The zero-order chi connectivity index (χ0) is 10.4. The van der Waals surface area contributed by atoms with Crippen LogP contribution in [0.25, 0.3) is 21.8 Å². The number of aryl methyl sites for hydroxylation is 1. The van der Waals surface area contributed by atoms with Gasteiger partial charge in [-0.3, -0.25) is 4.98 Å². The van der Waals surface area contributed by atoms with Crippen molar-refractivity contribution in [1.29, 1.82) is 0 Å². The molecule has 0 saturated heterocycles. The second-order valence-corrected chi connectivity index (χ2v) is 3.84. The van der Waals surface area contributed by atoms with Crippen LogP contribution in [0.1, 0.15) is 5.56 Å². The van der Waals surface area contributed by atoms with Crippen molar-refractivity contribution in [2.24, 2.45) is 0 Å². The number of aromatic nitrogens is 2. The van der Waals surface area contributed by atoms with Crippen LogP contribution in [0.15, 0.2) is 36.7 Å². The maximum atomic E-state index is 4.13. The molecule has 0 aliphatic carbocycles. The van der Waals surface area contributed by atoms with Crippen LogP contribution in [0, 0.1) is 14.0 Å². The number of fused-ring (bicyclic) bond motifs is 3. The van der Waals surface area contributed by atoms with Crippen LogP contribution in [-0.2, 0) is 32.7 Å². The van der Waals surface area contributed by atoms with Crippen molar-refractivity contribution >= 4 is 21.8 Å². The molecule has 16 heavy (non-hydrogen) atoms. The minimum absolute atomic E-state index is 0. The average molecular weight is 284 g/mol. The Balaban J connectivity index is 0.000000963. The fraction of sp³-hybridized carbons (Fsp3) is 0.0769. The molecule has 0 fully saturated rings. The molecule has 0 amide bonds. The maximum Gasteiger partial charge on any atom is 0.0251 e. The summed E-state index contributed by atoms with van der Waals surface area (Å²) in [5.74, 6) is 0. The van der Waals surface area contributed by atoms with Crippen molar-refractivity contribution in [2.45, 2.75) is 6.92 Å². The van der Waals surface area contributed by atoms with Crippen LogP contribution in [0.3, 0.4) is 0 Å². The Morgan fingerprint density at radius 1 is 1.12 bits per heavy atom. The molecule has 3 rings (SSSR count). The first-order valence-corrected chi connectivity index (χ1v) is 4.93. The Morgan fingerprint density at radius 3 is 2.75 bits per heavy atom. The molecule has 2 heterocycles. The molecule has 77 valence electrons. The van der Waals surface area contributed by atoms with E-state index in [1.807, 2.05) is 23.0 Å². The number of benzene rings is 1. The summed E-state index contributed by atoms with van der Waals surface area (Å²) in [6, 6.07) is 8.45. The van der Waals surface area contributed by atoms with Gasteiger partial charge in [-0.15, -0.1) is 7.05 Å². The molecule has 2 aromatic heterocycles. The Hall–Kier alpha value is -0.856. The summed E-state index contributed by atoms with van der Waals surface area (Å²) in [6.07, 6.45) is 3.68. The summed E-state index contributed by atoms with van der Waals surface area (Å²) < 4.78 is 1.94. The van der Waals surface area contributed by atoms with Gasteiger partial charge in [0.25, 0.3) is 0 Å². The van der Waals surface area contributed by atoms with Gasteiger partial charge in [-0.25, -0.2) is 0 Å². The SMILES string of the molecule is [CH2-]n1c2ccc(C)cc2c2ccncc21.[Y]. The van der Waals surface area contributed by atoms with E-state index in [9.17, 15) is 0 Å². The smallest absolute Gasteiger partial charge is 0.0251 e. The second-order valence-electron chi connectivity index (χ2n) is 3.84. The van der Waals surface area contributed by atoms with E-state index < -0.39 is 0 Å². The number of hydrogen-bond donors (Lipinski definition) is 0. The minimum atomic E-state index is 0. The van der Waals surface area contributed by atoms with Crippen molar-refractivity contribution in [3.05, 3.63) is 49.3 Å². The Morgan fingerprint density at radius 2 is 1.94 bits per heavy atom. The molecular weight excluding hydrogens is 273 g/mol. The Bertz CT molecular complexity index is 655. The van der Waals surface area contributed by atoms with Gasteiger partial charge in [-0.2, -0.15) is 0 Å². The van der Waals surface area contributed by atoms with E-state index in [2.05, 4.69) is 37.2 Å². The number of nitrogens with zero attached hydrogens (tertiary/aromatic N) is 2. The zero-order valence-corrected chi connectivity index (χ0v) is 12.0. The quantitative estimate of drug-likeness (QED) is 0.580. The predicted octanol–water partition coefficient (Wildman–Crippen LogP) is 3.14. The van der Waals surface area contributed by atoms with Crippen molar-refractivity contribution in [3.8, 4) is 0 Å². The van der Waals surface area contributed by atoms with E-state index >= 15 is 0 Å². The Labute approximate surface area is 120 Å². The summed E-state index contributed by atoms with van der Waals surface area (Å²) in [5.41, 5.74) is 3.51. The van der Waals surface area contributed by atoms with E-state index in [1.54, 1.807) is 0 Å². The molecule has 0 aliphatic rings. The number of rotatable bonds is 0. The first-order chi connectivity index (χ1) is 7.27. The molecular formula is C13H11N2Y-. The van der Waals surface area contributed by atoms with Crippen molar-refractivity contribution in [2.75, 3.05) is 0 Å². The monoisotopic (exact) mass is 284 g/mol. The molecule has 3 aromatic rings. The molecule has 0 saturated carbocycles. The van der Waals surface area contributed by atoms with Crippen LogP contribution in [0.5, 0.6) is 0 Å². The molecule has 0 bridgehead atoms. The standard InChI is InChI=1S/C13H11N2.Y/c1-9-3-4-12-11(7-9)10-5-6-14-8-13(10)15(12)2;/h3-8H,2H2,1H3;/q-1;. The van der Waals surface area contributed by atoms with Gasteiger partial charge in [0.15, 0.2) is 0 Å². The molecule has 0 spiro atoms. The van der Waals surface area contributed by atoms with E-state index in [4.69, 9.17) is 0 Å². The van der Waals surface area contributed by atoms with Crippen LogP contribution in [-0.4, -0.2) is 9.55 Å². The third kappa shape index (κ3) is 1.57. The van der Waals surface area contributed by atoms with Crippen molar-refractivity contribution < 1.29 is 32.7 Å². The van der Waals surface area contributed by atoms with Gasteiger partial charge in [0.1, 0.15) is 0 Å². The van der Waals surface area contributed by atoms with Gasteiger partial charge >= 0.3 is 0 Å². The van der Waals surface area contributed by atoms with Gasteiger partial charge < -0.3 is 4.57 Å². The van der Waals surface area contributed by atoms with E-state index in [0.29, 0.717) is 0 Å². The summed E-state index contributed by atoms with van der Waals surface area (Å²) in [4.78, 5) is 4.13. The fourth-order valence-electron chi connectivity index (χ4n) is 2.06. The zero-order valence-electron chi connectivity index (χ0n) is 9.14. The van der Waals surface area contributed by atoms with Crippen molar-refractivity contribution in [1.82, 2.24) is 9.55 Å². The summed E-state index contributed by atoms with van der Waals surface area (Å²) >= 11 is 0. The molecule has 0 N–H and O–H groups in total. The molecule has 0 atom stereocenters. The minimum Gasteiger partial charge on any atom is -0.479 e. The first kappa shape index (κ1) is 11.6. The van der Waals surface area contributed by atoms with E-state index in [0.717, 1.165) is 11.0 Å². The van der Waals surface area contributed by atoms with E-state index in [1.165, 1.54) is 16.3 Å². The Kier molecular flexibility index (Phi) is 3.05. The van der Waals surface area contributed by atoms with Gasteiger partial charge in [0.2, 0.25) is 0 Å². The molecule has 1 aromatic carbocycles. The summed E-state index contributed by atoms with van der Waals surface area (Å²) in [5, 5.41) is 2.47. The fourth-order valence-corrected chi connectivity index (χ4v) is 2.06. The number of pyridine rings is 1. The summed E-state index contributed by atoms with van der Waals surface area (Å²) in [6.45, 7) is 2.10. The molecule has 1 radical (unpaired) electrons. The molecule has 0 unspecified atom stereocenters. The second kappa shape index (κ2) is 4.19. The third-order valence-electron chi connectivity index (χ3n) is 2.82. The van der Waals surface area contributed by atoms with Gasteiger partial charge in [0, 0.05) is 38.9 Å². The van der Waals surface area contributed by atoms with E-state index in [-0.39, 0.29) is 32.7 Å². The van der Waals surface area contributed by atoms with Crippen LogP contribution >= 0.6 is 0 Å². The van der Waals surface area contributed by atoms with Crippen LogP contribution in [0.2, 0.25) is 0 Å². The topological polar surface area (TPSA) is 17.8 Å². The van der Waals surface area contributed by atoms with Crippen molar-refractivity contribution in [3.63, 3.8) is 0 Å². The maximum absolute atomic E-state index is 4.13. The van der Waals surface area contributed by atoms with Crippen LogP contribution in [0.4, 0.5) is 0 Å². The summed E-state index contributed by atoms with van der Waals surface area (Å²) in [7, 11) is 4.04. The predicted molar refractivity (Wildman–Crippen MR) is 62.7 cm³/mol. The number of hydrogen-bond acceptors (Lipinski definition) is 1. The third-order valence-corrected chi connectivity index (χ3v) is 2.82. The van der Waals surface area contributed by atoms with Crippen LogP contribution < -0.4 is 0 Å². The van der Waals surface area contributed by atoms with Gasteiger partial charge in [0.05, 0.1) is 0 Å². The first-order valence-electron chi connectivity index (χ1n) is 4.93. The molecule has 3 heteroatoms. The van der Waals surface area contributed by atoms with Gasteiger partial charge in [-0.05, 0) is 24.7 Å². The largest absolute Gasteiger partial charge is 0.479 e. The normalized spacial score (nSPS) is 10.6.